The highest BCUT2D eigenvalue weighted by Crippen LogP contribution is 2.29. The number of pyridine rings is 1. The van der Waals surface area contributed by atoms with Crippen molar-refractivity contribution < 1.29 is 4.79 Å². The summed E-state index contributed by atoms with van der Waals surface area (Å²) in [6, 6.07) is 13.4. The highest BCUT2D eigenvalue weighted by molar-refractivity contribution is 8.13. The van der Waals surface area contributed by atoms with E-state index >= 15 is 0 Å². The lowest BCUT2D eigenvalue weighted by Gasteiger charge is -2.33. The van der Waals surface area contributed by atoms with Crippen LogP contribution in [-0.2, 0) is 4.79 Å². The molecule has 1 N–H and O–H groups in total. The first-order valence-corrected chi connectivity index (χ1v) is 8.74. The third-order valence-corrected chi connectivity index (χ3v) is 4.45. The zero-order valence-electron chi connectivity index (χ0n) is 13.2. The molecule has 1 atom stereocenters. The van der Waals surface area contributed by atoms with Gasteiger partial charge in [0, 0.05) is 10.9 Å². The Morgan fingerprint density at radius 1 is 1.17 bits per heavy atom. The van der Waals surface area contributed by atoms with Crippen LogP contribution < -0.4 is 15.9 Å². The molecule has 0 fully saturated rings. The van der Waals surface area contributed by atoms with Crippen LogP contribution in [0.2, 0.25) is 0 Å². The Kier molecular flexibility index (Phi) is 3.57. The third kappa shape index (κ3) is 2.37. The molecule has 0 spiro atoms. The molecular formula is C17H15N5OS. The highest BCUT2D eigenvalue weighted by atomic mass is 32.2. The van der Waals surface area contributed by atoms with Crippen molar-refractivity contribution in [3.05, 3.63) is 64.4 Å². The number of nitrogens with one attached hydrogen (secondary N) is 1. The summed E-state index contributed by atoms with van der Waals surface area (Å²) in [5.74, 6) is -0.172. The van der Waals surface area contributed by atoms with Crippen molar-refractivity contribution in [3.8, 4) is 0 Å². The maximum absolute atomic E-state index is 12.7. The van der Waals surface area contributed by atoms with Crippen LogP contribution in [0, 0.1) is 6.92 Å². The summed E-state index contributed by atoms with van der Waals surface area (Å²) in [6.45, 7) is 1.93. The molecule has 1 aromatic carbocycles. The molecule has 2 aliphatic heterocycles. The predicted octanol–water partition coefficient (Wildman–Crippen LogP) is 0.896. The summed E-state index contributed by atoms with van der Waals surface area (Å²) >= 11 is 1.39. The molecule has 24 heavy (non-hydrogen) atoms. The number of carbonyl (C=O) groups is 1. The minimum Gasteiger partial charge on any atom is -0.298 e. The summed E-state index contributed by atoms with van der Waals surface area (Å²) < 4.78 is 0. The smallest absolute Gasteiger partial charge is 0.276 e. The minimum atomic E-state index is -0.456. The van der Waals surface area contributed by atoms with Gasteiger partial charge in [0.1, 0.15) is 5.70 Å². The van der Waals surface area contributed by atoms with Crippen LogP contribution in [0.25, 0.3) is 5.70 Å². The number of carbonyl (C=O) groups excluding carboxylic acids is 1. The minimum absolute atomic E-state index is 0.172. The van der Waals surface area contributed by atoms with Gasteiger partial charge in [-0.3, -0.25) is 20.1 Å². The fourth-order valence-electron chi connectivity index (χ4n) is 2.82. The second-order valence-corrected chi connectivity index (χ2v) is 6.28. The standard InChI is InChI=1S/C17H15N5OS/c1-10-6-5-9-13(18-10)15-19-12-8-4-3-7-11(12)14-16(23)20-17(24-2)21-22(14)15/h3-9,15H,1-2H3,(H,20,21,23). The molecule has 2 aromatic rings. The molecule has 7 heteroatoms. The average Bonchev–Trinajstić information content (AvgIpc) is 2.60. The van der Waals surface area contributed by atoms with Gasteiger partial charge in [0.25, 0.3) is 5.91 Å². The van der Waals surface area contributed by atoms with Crippen LogP contribution in [0.1, 0.15) is 17.6 Å². The van der Waals surface area contributed by atoms with Crippen molar-refractivity contribution in [2.45, 2.75) is 13.1 Å². The first kappa shape index (κ1) is 14.9. The van der Waals surface area contributed by atoms with Gasteiger partial charge in [0.05, 0.1) is 11.1 Å². The SMILES string of the molecule is CSC1=NN2C(=c3ccccc3=NC2c2cccc(C)n2)C(=O)N1. The number of aryl methyl sites for hydroxylation is 1. The summed E-state index contributed by atoms with van der Waals surface area (Å²) in [6.07, 6.45) is 1.42. The normalized spacial score (nSPS) is 19.0. The molecule has 2 aliphatic rings. The molecule has 6 nitrogen and oxygen atoms in total. The lowest BCUT2D eigenvalue weighted by atomic mass is 10.1. The van der Waals surface area contributed by atoms with E-state index in [1.165, 1.54) is 11.8 Å². The number of hydrazone groups is 1. The van der Waals surface area contributed by atoms with Gasteiger partial charge in [0.2, 0.25) is 0 Å². The monoisotopic (exact) mass is 337 g/mol. The van der Waals surface area contributed by atoms with Crippen LogP contribution in [0.5, 0.6) is 0 Å². The molecule has 0 bridgehead atoms. The van der Waals surface area contributed by atoms with Gasteiger partial charge < -0.3 is 0 Å². The molecule has 4 rings (SSSR count). The molecule has 0 aliphatic carbocycles. The Hall–Kier alpha value is -2.67. The van der Waals surface area contributed by atoms with E-state index in [-0.39, 0.29) is 5.91 Å². The van der Waals surface area contributed by atoms with E-state index in [1.54, 1.807) is 5.01 Å². The van der Waals surface area contributed by atoms with E-state index in [4.69, 9.17) is 4.99 Å². The first-order valence-electron chi connectivity index (χ1n) is 7.51. The maximum Gasteiger partial charge on any atom is 0.276 e. The molecule has 3 heterocycles. The molecule has 1 amide bonds. The van der Waals surface area contributed by atoms with Crippen molar-refractivity contribution in [1.29, 1.82) is 0 Å². The van der Waals surface area contributed by atoms with E-state index < -0.39 is 6.17 Å². The van der Waals surface area contributed by atoms with Gasteiger partial charge in [-0.15, -0.1) is 5.10 Å². The van der Waals surface area contributed by atoms with Crippen LogP contribution in [0.15, 0.2) is 52.6 Å². The topological polar surface area (TPSA) is 70.0 Å². The predicted molar refractivity (Wildman–Crippen MR) is 93.3 cm³/mol. The van der Waals surface area contributed by atoms with Crippen LogP contribution >= 0.6 is 11.8 Å². The van der Waals surface area contributed by atoms with Gasteiger partial charge in [0.15, 0.2) is 11.3 Å². The molecule has 0 radical (unpaired) electrons. The van der Waals surface area contributed by atoms with E-state index in [1.807, 2.05) is 55.6 Å². The molecule has 1 unspecified atom stereocenters. The number of hydrogen-bond donors (Lipinski definition) is 1. The number of amides is 1. The van der Waals surface area contributed by atoms with Gasteiger partial charge in [-0.25, -0.2) is 5.01 Å². The number of thioether (sulfide) groups is 1. The fraction of sp³-hybridized carbons (Fsp3) is 0.176. The fourth-order valence-corrected chi connectivity index (χ4v) is 3.18. The number of rotatable bonds is 1. The van der Waals surface area contributed by atoms with E-state index in [0.717, 1.165) is 22.0 Å². The van der Waals surface area contributed by atoms with Crippen molar-refractivity contribution in [3.63, 3.8) is 0 Å². The Balaban J connectivity index is 1.99. The molecule has 0 saturated carbocycles. The number of amidine groups is 1. The Labute approximate surface area is 143 Å². The van der Waals surface area contributed by atoms with E-state index in [2.05, 4.69) is 15.4 Å². The zero-order chi connectivity index (χ0) is 16.7. The summed E-state index contributed by atoms with van der Waals surface area (Å²) in [5.41, 5.74) is 2.17. The Morgan fingerprint density at radius 2 is 2.00 bits per heavy atom. The first-order chi connectivity index (χ1) is 11.7. The highest BCUT2D eigenvalue weighted by Gasteiger charge is 2.34. The summed E-state index contributed by atoms with van der Waals surface area (Å²) in [5, 5.41) is 11.2. The number of fused-ring (bicyclic) bond motifs is 2. The van der Waals surface area contributed by atoms with Crippen LogP contribution in [-0.4, -0.2) is 27.3 Å². The Morgan fingerprint density at radius 3 is 2.79 bits per heavy atom. The van der Waals surface area contributed by atoms with Crippen molar-refractivity contribution in [1.82, 2.24) is 15.3 Å². The lowest BCUT2D eigenvalue weighted by molar-refractivity contribution is -0.116. The van der Waals surface area contributed by atoms with Crippen molar-refractivity contribution in [2.75, 3.05) is 6.26 Å². The van der Waals surface area contributed by atoms with Gasteiger partial charge in [-0.2, -0.15) is 0 Å². The molecule has 0 saturated heterocycles. The summed E-state index contributed by atoms with van der Waals surface area (Å²) in [7, 11) is 0. The third-order valence-electron chi connectivity index (χ3n) is 3.88. The molecular weight excluding hydrogens is 322 g/mol. The molecule has 1 aromatic heterocycles. The second kappa shape index (κ2) is 5.76. The number of aromatic nitrogens is 1. The van der Waals surface area contributed by atoms with Crippen LogP contribution in [0.4, 0.5) is 0 Å². The Bertz CT molecular complexity index is 984. The van der Waals surface area contributed by atoms with Gasteiger partial charge >= 0.3 is 0 Å². The van der Waals surface area contributed by atoms with E-state index in [0.29, 0.717) is 10.9 Å². The number of nitrogens with zero attached hydrogens (tertiary/aromatic N) is 4. The van der Waals surface area contributed by atoms with E-state index in [9.17, 15) is 4.79 Å². The maximum atomic E-state index is 12.7. The quantitative estimate of drug-likeness (QED) is 0.839. The second-order valence-electron chi connectivity index (χ2n) is 5.48. The van der Waals surface area contributed by atoms with Crippen LogP contribution in [0.3, 0.4) is 0 Å². The van der Waals surface area contributed by atoms with Crippen molar-refractivity contribution in [2.24, 2.45) is 10.1 Å². The van der Waals surface area contributed by atoms with Gasteiger partial charge in [-0.1, -0.05) is 36.0 Å². The largest absolute Gasteiger partial charge is 0.298 e. The zero-order valence-corrected chi connectivity index (χ0v) is 14.0. The van der Waals surface area contributed by atoms with Gasteiger partial charge in [-0.05, 0) is 31.4 Å². The number of para-hydroxylation sites is 1. The average molecular weight is 337 g/mol. The summed E-state index contributed by atoms with van der Waals surface area (Å²) in [4.78, 5) is 22.0. The lowest BCUT2D eigenvalue weighted by Crippen LogP contribution is -2.50. The number of benzene rings is 1. The molecule has 120 valence electrons. The van der Waals surface area contributed by atoms with Crippen molar-refractivity contribution >= 4 is 28.5 Å². The number of hydrogen-bond acceptors (Lipinski definition) is 6.